The topological polar surface area (TPSA) is 161 Å². The minimum atomic E-state index is -1.50. The normalized spacial score (nSPS) is 33.1. The maximum absolute atomic E-state index is 13.2. The van der Waals surface area contributed by atoms with Crippen molar-refractivity contribution in [3.63, 3.8) is 0 Å². The second kappa shape index (κ2) is 16.4. The summed E-state index contributed by atoms with van der Waals surface area (Å²) >= 11 is 0. The number of benzene rings is 1. The molecule has 2 aliphatic rings. The monoisotopic (exact) mass is 640 g/mol. The fourth-order valence-corrected chi connectivity index (χ4v) is 5.79. The van der Waals surface area contributed by atoms with Crippen molar-refractivity contribution in [2.75, 3.05) is 27.9 Å². The zero-order chi connectivity index (χ0) is 33.3. The quantitative estimate of drug-likeness (QED) is 0.228. The van der Waals surface area contributed by atoms with Gasteiger partial charge in [-0.1, -0.05) is 44.2 Å². The molecule has 0 bridgehead atoms. The Hall–Kier alpha value is -3.14. The summed E-state index contributed by atoms with van der Waals surface area (Å²) in [6.45, 7) is 6.77. The SMILES string of the molecule is CCC1(C(=O)OC)O[C@@H](O[C@@H]2C(COC(C)=O)OC(OC(C)=O)C(OCc3ccccc3)[C@H]2OC(C)=O)C(OC)[C@@H](OC)[C@@H]1C. The Morgan fingerprint density at radius 1 is 0.800 bits per heavy atom. The molecule has 0 aliphatic carbocycles. The lowest BCUT2D eigenvalue weighted by molar-refractivity contribution is -0.369. The van der Waals surface area contributed by atoms with Crippen molar-refractivity contribution in [2.45, 2.75) is 102 Å². The largest absolute Gasteiger partial charge is 0.467 e. The lowest BCUT2D eigenvalue weighted by Gasteiger charge is -2.52. The Morgan fingerprint density at radius 3 is 1.98 bits per heavy atom. The van der Waals surface area contributed by atoms with Crippen molar-refractivity contribution >= 4 is 23.9 Å². The molecular formula is C31H44O14. The summed E-state index contributed by atoms with van der Waals surface area (Å²) in [6, 6.07) is 9.14. The number of carbonyl (C=O) groups is 4. The van der Waals surface area contributed by atoms with E-state index in [4.69, 9.17) is 47.4 Å². The number of hydrogen-bond acceptors (Lipinski definition) is 14. The van der Waals surface area contributed by atoms with Gasteiger partial charge in [0.2, 0.25) is 6.29 Å². The van der Waals surface area contributed by atoms with Gasteiger partial charge in [-0.25, -0.2) is 4.79 Å². The van der Waals surface area contributed by atoms with E-state index in [1.807, 2.05) is 30.3 Å². The lowest BCUT2D eigenvalue weighted by Crippen LogP contribution is -2.68. The van der Waals surface area contributed by atoms with Gasteiger partial charge in [-0.2, -0.15) is 0 Å². The number of ether oxygens (including phenoxy) is 10. The molecule has 2 aliphatic heterocycles. The molecule has 2 saturated heterocycles. The van der Waals surface area contributed by atoms with E-state index in [0.29, 0.717) is 0 Å². The van der Waals surface area contributed by atoms with Crippen molar-refractivity contribution < 1.29 is 66.5 Å². The van der Waals surface area contributed by atoms with Crippen molar-refractivity contribution in [1.82, 2.24) is 0 Å². The summed E-state index contributed by atoms with van der Waals surface area (Å²) in [4.78, 5) is 49.7. The molecule has 0 N–H and O–H groups in total. The molecule has 45 heavy (non-hydrogen) atoms. The highest BCUT2D eigenvalue weighted by Crippen LogP contribution is 2.42. The number of esters is 4. The highest BCUT2D eigenvalue weighted by Gasteiger charge is 2.60. The maximum Gasteiger partial charge on any atom is 0.338 e. The first-order valence-electron chi connectivity index (χ1n) is 14.7. The Balaban J connectivity index is 2.10. The van der Waals surface area contributed by atoms with Gasteiger partial charge in [0, 0.05) is 40.9 Å². The van der Waals surface area contributed by atoms with Gasteiger partial charge >= 0.3 is 23.9 Å². The standard InChI is InChI=1S/C31H44O14/c1-9-31(30(35)38-8)17(2)23(36-6)26(37-7)29(45-31)44-24-22(16-39-18(3)32)43-28(42-20(5)34)27(25(24)41-19(4)33)40-15-21-13-11-10-12-14-21/h10-14,17,22-29H,9,15-16H2,1-8H3/t17-,22?,23-,24+,25-,26?,27?,28?,29+,31?/m0/s1. The molecule has 0 saturated carbocycles. The highest BCUT2D eigenvalue weighted by atomic mass is 16.8. The Kier molecular flexibility index (Phi) is 13.3. The molecule has 0 spiro atoms. The van der Waals surface area contributed by atoms with Gasteiger partial charge in [-0.3, -0.25) is 14.4 Å². The number of rotatable bonds is 13. The third-order valence-corrected chi connectivity index (χ3v) is 7.95. The van der Waals surface area contributed by atoms with Crippen molar-refractivity contribution in [3.8, 4) is 0 Å². The average Bonchev–Trinajstić information content (AvgIpc) is 3.00. The molecular weight excluding hydrogens is 596 g/mol. The van der Waals surface area contributed by atoms with Crippen LogP contribution in [0.1, 0.15) is 46.6 Å². The van der Waals surface area contributed by atoms with E-state index in [2.05, 4.69) is 0 Å². The predicted octanol–water partition coefficient (Wildman–Crippen LogP) is 2.08. The van der Waals surface area contributed by atoms with E-state index in [1.54, 1.807) is 13.8 Å². The van der Waals surface area contributed by atoms with Crippen LogP contribution in [0.5, 0.6) is 0 Å². The van der Waals surface area contributed by atoms with Crippen LogP contribution in [0, 0.1) is 5.92 Å². The Bertz CT molecular complexity index is 1140. The Labute approximate surface area is 262 Å². The summed E-state index contributed by atoms with van der Waals surface area (Å²) in [5.74, 6) is -3.21. The van der Waals surface area contributed by atoms with Gasteiger partial charge in [0.05, 0.1) is 19.8 Å². The molecule has 0 radical (unpaired) electrons. The number of hydrogen-bond donors (Lipinski definition) is 0. The van der Waals surface area contributed by atoms with Gasteiger partial charge in [-0.15, -0.1) is 0 Å². The summed E-state index contributed by atoms with van der Waals surface area (Å²) in [5, 5.41) is 0. The summed E-state index contributed by atoms with van der Waals surface area (Å²) in [7, 11) is 4.15. The van der Waals surface area contributed by atoms with Crippen molar-refractivity contribution in [2.24, 2.45) is 5.92 Å². The molecule has 5 unspecified atom stereocenters. The molecule has 14 nitrogen and oxygen atoms in total. The van der Waals surface area contributed by atoms with Crippen LogP contribution in [0.25, 0.3) is 0 Å². The molecule has 2 heterocycles. The van der Waals surface area contributed by atoms with Crippen molar-refractivity contribution in [3.05, 3.63) is 35.9 Å². The minimum absolute atomic E-state index is 0.0247. The van der Waals surface area contributed by atoms with Crippen LogP contribution in [0.2, 0.25) is 0 Å². The molecule has 1 aromatic rings. The van der Waals surface area contributed by atoms with E-state index < -0.39 is 84.6 Å². The molecule has 0 amide bonds. The van der Waals surface area contributed by atoms with E-state index in [9.17, 15) is 19.2 Å². The van der Waals surface area contributed by atoms with E-state index in [0.717, 1.165) is 5.56 Å². The van der Waals surface area contributed by atoms with Crippen LogP contribution >= 0.6 is 0 Å². The van der Waals surface area contributed by atoms with Crippen LogP contribution in [0.15, 0.2) is 30.3 Å². The molecule has 1 aromatic carbocycles. The van der Waals surface area contributed by atoms with Gasteiger partial charge in [0.15, 0.2) is 24.1 Å². The number of methoxy groups -OCH3 is 3. The highest BCUT2D eigenvalue weighted by molar-refractivity contribution is 5.80. The van der Waals surface area contributed by atoms with Gasteiger partial charge in [0.1, 0.15) is 24.9 Å². The van der Waals surface area contributed by atoms with Crippen LogP contribution in [0.3, 0.4) is 0 Å². The molecule has 10 atom stereocenters. The minimum Gasteiger partial charge on any atom is -0.467 e. The fourth-order valence-electron chi connectivity index (χ4n) is 5.79. The van der Waals surface area contributed by atoms with Crippen LogP contribution in [-0.4, -0.2) is 107 Å². The first-order valence-corrected chi connectivity index (χ1v) is 14.7. The van der Waals surface area contributed by atoms with Crippen LogP contribution in [-0.2, 0) is 73.2 Å². The molecule has 14 heteroatoms. The lowest BCUT2D eigenvalue weighted by atomic mass is 9.77. The predicted molar refractivity (Wildman–Crippen MR) is 153 cm³/mol. The third kappa shape index (κ3) is 8.57. The van der Waals surface area contributed by atoms with Crippen LogP contribution in [0.4, 0.5) is 0 Å². The Morgan fingerprint density at radius 2 is 1.44 bits per heavy atom. The summed E-state index contributed by atoms with van der Waals surface area (Å²) < 4.78 is 58.4. The van der Waals surface area contributed by atoms with Gasteiger partial charge in [-0.05, 0) is 12.0 Å². The third-order valence-electron chi connectivity index (χ3n) is 7.95. The summed E-state index contributed by atoms with van der Waals surface area (Å²) in [6.07, 6.45) is -9.06. The van der Waals surface area contributed by atoms with E-state index in [1.165, 1.54) is 42.1 Å². The summed E-state index contributed by atoms with van der Waals surface area (Å²) in [5.41, 5.74) is -0.728. The zero-order valence-electron chi connectivity index (χ0n) is 26.9. The average molecular weight is 641 g/mol. The van der Waals surface area contributed by atoms with Crippen LogP contribution < -0.4 is 0 Å². The van der Waals surface area contributed by atoms with Crippen molar-refractivity contribution in [1.29, 1.82) is 0 Å². The van der Waals surface area contributed by atoms with Gasteiger partial charge in [0.25, 0.3) is 0 Å². The fraction of sp³-hybridized carbons (Fsp3) is 0.677. The molecule has 252 valence electrons. The smallest absolute Gasteiger partial charge is 0.338 e. The molecule has 2 fully saturated rings. The second-order valence-electron chi connectivity index (χ2n) is 10.8. The number of carbonyl (C=O) groups excluding carboxylic acids is 4. The first kappa shape index (κ1) is 36.3. The van der Waals surface area contributed by atoms with E-state index >= 15 is 0 Å². The second-order valence-corrected chi connectivity index (χ2v) is 10.8. The maximum atomic E-state index is 13.2. The van der Waals surface area contributed by atoms with Gasteiger partial charge < -0.3 is 47.4 Å². The molecule has 0 aromatic heterocycles. The molecule has 3 rings (SSSR count). The first-order chi connectivity index (χ1) is 21.4. The zero-order valence-corrected chi connectivity index (χ0v) is 26.9. The van der Waals surface area contributed by atoms with E-state index in [-0.39, 0.29) is 19.6 Å².